The maximum Gasteiger partial charge on any atom is 0.254 e. The van der Waals surface area contributed by atoms with Gasteiger partial charge in [-0.15, -0.1) is 10.2 Å². The molecule has 1 aromatic heterocycles. The van der Waals surface area contributed by atoms with Crippen LogP contribution in [0, 0.1) is 0 Å². The average Bonchev–Trinajstić information content (AvgIpc) is 2.88. The van der Waals surface area contributed by atoms with E-state index in [4.69, 9.17) is 9.52 Å². The standard InChI is InChI=1S/C12H11N3O3/c16-10-5-15(6-10)12(17)9-3-1-8(2-4-9)11-14-13-7-18-11/h1-4,7,10,16H,5-6H2. The number of likely N-dealkylation sites (tertiary alicyclic amines) is 1. The Labute approximate surface area is 103 Å². The molecule has 0 saturated carbocycles. The highest BCUT2D eigenvalue weighted by atomic mass is 16.4. The van der Waals surface area contributed by atoms with Crippen molar-refractivity contribution >= 4 is 5.91 Å². The maximum atomic E-state index is 11.9. The molecule has 2 aromatic rings. The molecule has 1 saturated heterocycles. The van der Waals surface area contributed by atoms with Crippen molar-refractivity contribution < 1.29 is 14.3 Å². The average molecular weight is 245 g/mol. The lowest BCUT2D eigenvalue weighted by molar-refractivity contribution is 0.00589. The lowest BCUT2D eigenvalue weighted by Crippen LogP contribution is -2.53. The zero-order valence-electron chi connectivity index (χ0n) is 9.48. The van der Waals surface area contributed by atoms with Gasteiger partial charge in [0.25, 0.3) is 5.91 Å². The summed E-state index contributed by atoms with van der Waals surface area (Å²) in [7, 11) is 0. The highest BCUT2D eigenvalue weighted by molar-refractivity contribution is 5.95. The first-order valence-corrected chi connectivity index (χ1v) is 5.58. The molecule has 1 aliphatic rings. The molecule has 0 unspecified atom stereocenters. The van der Waals surface area contributed by atoms with E-state index in [2.05, 4.69) is 10.2 Å². The molecule has 1 fully saturated rings. The smallest absolute Gasteiger partial charge is 0.254 e. The summed E-state index contributed by atoms with van der Waals surface area (Å²) in [5.74, 6) is 0.353. The van der Waals surface area contributed by atoms with Crippen molar-refractivity contribution in [3.05, 3.63) is 36.2 Å². The van der Waals surface area contributed by atoms with Gasteiger partial charge in [0.2, 0.25) is 12.3 Å². The van der Waals surface area contributed by atoms with Gasteiger partial charge >= 0.3 is 0 Å². The third-order valence-corrected chi connectivity index (χ3v) is 2.89. The fourth-order valence-electron chi connectivity index (χ4n) is 1.86. The van der Waals surface area contributed by atoms with E-state index in [1.54, 1.807) is 29.2 Å². The predicted molar refractivity (Wildman–Crippen MR) is 61.6 cm³/mol. The SMILES string of the molecule is O=C(c1ccc(-c2nnco2)cc1)N1CC(O)C1. The van der Waals surface area contributed by atoms with Gasteiger partial charge < -0.3 is 14.4 Å². The molecule has 0 spiro atoms. The molecule has 1 aliphatic heterocycles. The fraction of sp³-hybridized carbons (Fsp3) is 0.250. The van der Waals surface area contributed by atoms with Gasteiger partial charge in [0.05, 0.1) is 6.10 Å². The third kappa shape index (κ3) is 1.86. The first-order chi connectivity index (χ1) is 8.74. The van der Waals surface area contributed by atoms with E-state index in [1.807, 2.05) is 0 Å². The first-order valence-electron chi connectivity index (χ1n) is 5.58. The Bertz CT molecular complexity index is 544. The van der Waals surface area contributed by atoms with E-state index in [9.17, 15) is 4.79 Å². The molecule has 6 heteroatoms. The first kappa shape index (κ1) is 10.9. The Balaban J connectivity index is 1.77. The number of hydrogen-bond donors (Lipinski definition) is 1. The van der Waals surface area contributed by atoms with Crippen molar-refractivity contribution in [3.8, 4) is 11.5 Å². The lowest BCUT2D eigenvalue weighted by atomic mass is 10.1. The van der Waals surface area contributed by atoms with E-state index in [0.29, 0.717) is 24.5 Å². The fourth-order valence-corrected chi connectivity index (χ4v) is 1.86. The lowest BCUT2D eigenvalue weighted by Gasteiger charge is -2.35. The van der Waals surface area contributed by atoms with Crippen molar-refractivity contribution in [1.82, 2.24) is 15.1 Å². The number of aromatic nitrogens is 2. The van der Waals surface area contributed by atoms with Gasteiger partial charge in [-0.2, -0.15) is 0 Å². The Kier molecular flexibility index (Phi) is 2.56. The summed E-state index contributed by atoms with van der Waals surface area (Å²) in [6.45, 7) is 0.814. The summed E-state index contributed by atoms with van der Waals surface area (Å²) in [6, 6.07) is 6.95. The number of benzene rings is 1. The van der Waals surface area contributed by atoms with Crippen LogP contribution >= 0.6 is 0 Å². The van der Waals surface area contributed by atoms with Crippen LogP contribution in [0.4, 0.5) is 0 Å². The zero-order chi connectivity index (χ0) is 12.5. The monoisotopic (exact) mass is 245 g/mol. The molecule has 0 atom stereocenters. The van der Waals surface area contributed by atoms with E-state index in [1.165, 1.54) is 6.39 Å². The number of aliphatic hydroxyl groups is 1. The third-order valence-electron chi connectivity index (χ3n) is 2.89. The van der Waals surface area contributed by atoms with Crippen LogP contribution in [0.2, 0.25) is 0 Å². The number of rotatable bonds is 2. The number of nitrogens with zero attached hydrogens (tertiary/aromatic N) is 3. The second-order valence-electron chi connectivity index (χ2n) is 4.19. The molecule has 1 amide bonds. The number of β-amino-alcohol motifs (C(OH)–C–C–N with tert-alkyl or cyclic N) is 1. The number of carbonyl (C=O) groups excluding carboxylic acids is 1. The van der Waals surface area contributed by atoms with Crippen LogP contribution in [0.5, 0.6) is 0 Å². The quantitative estimate of drug-likeness (QED) is 0.836. The van der Waals surface area contributed by atoms with Crippen LogP contribution in [-0.2, 0) is 0 Å². The molecular formula is C12H11N3O3. The van der Waals surface area contributed by atoms with Crippen LogP contribution < -0.4 is 0 Å². The second-order valence-corrected chi connectivity index (χ2v) is 4.19. The minimum absolute atomic E-state index is 0.0719. The molecule has 0 radical (unpaired) electrons. The molecule has 0 bridgehead atoms. The van der Waals surface area contributed by atoms with E-state index >= 15 is 0 Å². The van der Waals surface area contributed by atoms with Crippen LogP contribution in [0.1, 0.15) is 10.4 Å². The van der Waals surface area contributed by atoms with Crippen molar-refractivity contribution in [2.75, 3.05) is 13.1 Å². The Hall–Kier alpha value is -2.21. The number of aliphatic hydroxyl groups excluding tert-OH is 1. The van der Waals surface area contributed by atoms with E-state index in [-0.39, 0.29) is 12.0 Å². The van der Waals surface area contributed by atoms with Gasteiger partial charge in [0, 0.05) is 24.2 Å². The summed E-state index contributed by atoms with van der Waals surface area (Å²) in [6.07, 6.45) is 0.877. The van der Waals surface area contributed by atoms with Crippen molar-refractivity contribution in [3.63, 3.8) is 0 Å². The molecule has 18 heavy (non-hydrogen) atoms. The van der Waals surface area contributed by atoms with Crippen LogP contribution in [-0.4, -0.2) is 45.3 Å². The Morgan fingerprint density at radius 2 is 2.06 bits per heavy atom. The van der Waals surface area contributed by atoms with E-state index in [0.717, 1.165) is 5.56 Å². The zero-order valence-corrected chi connectivity index (χ0v) is 9.48. The molecular weight excluding hydrogens is 234 g/mol. The highest BCUT2D eigenvalue weighted by Gasteiger charge is 2.29. The van der Waals surface area contributed by atoms with E-state index < -0.39 is 0 Å². The predicted octanol–water partition coefficient (Wildman–Crippen LogP) is 0.553. The summed E-state index contributed by atoms with van der Waals surface area (Å²) in [5, 5.41) is 16.5. The molecule has 92 valence electrons. The second kappa shape index (κ2) is 4.23. The maximum absolute atomic E-state index is 11.9. The molecule has 1 aromatic carbocycles. The summed E-state index contributed by atoms with van der Waals surface area (Å²) in [4.78, 5) is 13.5. The van der Waals surface area contributed by atoms with Gasteiger partial charge in [-0.3, -0.25) is 4.79 Å². The van der Waals surface area contributed by atoms with Crippen molar-refractivity contribution in [1.29, 1.82) is 0 Å². The topological polar surface area (TPSA) is 79.5 Å². The molecule has 6 nitrogen and oxygen atoms in total. The van der Waals surface area contributed by atoms with Gasteiger partial charge in [0.1, 0.15) is 0 Å². The van der Waals surface area contributed by atoms with Crippen molar-refractivity contribution in [2.45, 2.75) is 6.10 Å². The number of carbonyl (C=O) groups is 1. The number of hydrogen-bond acceptors (Lipinski definition) is 5. The minimum Gasteiger partial charge on any atom is -0.423 e. The summed E-state index contributed by atoms with van der Waals surface area (Å²) in [5.41, 5.74) is 1.36. The van der Waals surface area contributed by atoms with Crippen molar-refractivity contribution in [2.24, 2.45) is 0 Å². The molecule has 0 aliphatic carbocycles. The summed E-state index contributed by atoms with van der Waals surface area (Å²) < 4.78 is 5.06. The Morgan fingerprint density at radius 1 is 1.33 bits per heavy atom. The molecule has 1 N–H and O–H groups in total. The van der Waals surface area contributed by atoms with Crippen LogP contribution in [0.15, 0.2) is 35.1 Å². The van der Waals surface area contributed by atoms with Crippen LogP contribution in [0.3, 0.4) is 0 Å². The normalized spacial score (nSPS) is 15.5. The van der Waals surface area contributed by atoms with Gasteiger partial charge in [0.15, 0.2) is 0 Å². The minimum atomic E-state index is -0.383. The largest absolute Gasteiger partial charge is 0.423 e. The summed E-state index contributed by atoms with van der Waals surface area (Å²) >= 11 is 0. The number of amides is 1. The van der Waals surface area contributed by atoms with Gasteiger partial charge in [-0.1, -0.05) is 0 Å². The Morgan fingerprint density at radius 3 is 2.61 bits per heavy atom. The van der Waals surface area contributed by atoms with Gasteiger partial charge in [-0.05, 0) is 24.3 Å². The highest BCUT2D eigenvalue weighted by Crippen LogP contribution is 2.19. The van der Waals surface area contributed by atoms with Crippen LogP contribution in [0.25, 0.3) is 11.5 Å². The molecule has 2 heterocycles. The molecule has 3 rings (SSSR count). The van der Waals surface area contributed by atoms with Gasteiger partial charge in [-0.25, -0.2) is 0 Å².